The average Bonchev–Trinajstić information content (AvgIpc) is 2.96. The summed E-state index contributed by atoms with van der Waals surface area (Å²) in [5.41, 5.74) is 0. The highest BCUT2D eigenvalue weighted by molar-refractivity contribution is 7.11. The SMILES string of the molecule is CCc1ccc(CN2CCCN3CCCC3C2)s1. The molecule has 2 saturated heterocycles. The molecule has 0 N–H and O–H groups in total. The topological polar surface area (TPSA) is 6.48 Å². The molecule has 2 aliphatic rings. The first-order chi connectivity index (χ1) is 8.85. The number of hydrogen-bond acceptors (Lipinski definition) is 3. The molecule has 1 aromatic heterocycles. The standard InChI is InChI=1S/C15H24N2S/c1-2-14-6-7-15(18-14)12-16-8-4-10-17-9-3-5-13(17)11-16/h6-7,13H,2-5,8-12H2,1H3. The molecule has 0 aliphatic carbocycles. The Morgan fingerprint density at radius 3 is 2.83 bits per heavy atom. The number of fused-ring (bicyclic) bond motifs is 1. The maximum atomic E-state index is 2.71. The fraction of sp³-hybridized carbons (Fsp3) is 0.733. The normalized spacial score (nSPS) is 26.2. The van der Waals surface area contributed by atoms with Crippen molar-refractivity contribution in [2.45, 2.75) is 45.2 Å². The third kappa shape index (κ3) is 2.79. The minimum absolute atomic E-state index is 0.845. The molecule has 0 saturated carbocycles. The Labute approximate surface area is 115 Å². The van der Waals surface area contributed by atoms with E-state index in [2.05, 4.69) is 28.9 Å². The second-order valence-corrected chi connectivity index (χ2v) is 6.90. The lowest BCUT2D eigenvalue weighted by atomic mass is 10.2. The van der Waals surface area contributed by atoms with Crippen LogP contribution in [0.2, 0.25) is 0 Å². The third-order valence-electron chi connectivity index (χ3n) is 4.33. The molecule has 0 aromatic carbocycles. The van der Waals surface area contributed by atoms with Crippen LogP contribution >= 0.6 is 11.3 Å². The van der Waals surface area contributed by atoms with Crippen LogP contribution in [-0.4, -0.2) is 42.0 Å². The Morgan fingerprint density at radius 1 is 1.17 bits per heavy atom. The van der Waals surface area contributed by atoms with E-state index in [1.807, 2.05) is 11.3 Å². The van der Waals surface area contributed by atoms with Crippen molar-refractivity contribution in [3.8, 4) is 0 Å². The molecule has 2 nitrogen and oxygen atoms in total. The summed E-state index contributed by atoms with van der Waals surface area (Å²) in [6, 6.07) is 5.48. The Bertz CT molecular complexity index is 388. The molecule has 0 amide bonds. The average molecular weight is 264 g/mol. The lowest BCUT2D eigenvalue weighted by Crippen LogP contribution is -2.36. The predicted octanol–water partition coefficient (Wildman–Crippen LogP) is 2.98. The van der Waals surface area contributed by atoms with E-state index in [1.165, 1.54) is 63.3 Å². The minimum atomic E-state index is 0.845. The van der Waals surface area contributed by atoms with Gasteiger partial charge in [0, 0.05) is 28.9 Å². The van der Waals surface area contributed by atoms with Crippen LogP contribution in [0.25, 0.3) is 0 Å². The lowest BCUT2D eigenvalue weighted by Gasteiger charge is -2.25. The van der Waals surface area contributed by atoms with E-state index in [4.69, 9.17) is 0 Å². The fourth-order valence-corrected chi connectivity index (χ4v) is 4.34. The molecule has 3 heterocycles. The van der Waals surface area contributed by atoms with Crippen LogP contribution in [-0.2, 0) is 13.0 Å². The van der Waals surface area contributed by atoms with Gasteiger partial charge >= 0.3 is 0 Å². The van der Waals surface area contributed by atoms with Crippen LogP contribution in [0.5, 0.6) is 0 Å². The van der Waals surface area contributed by atoms with Gasteiger partial charge in [-0.15, -0.1) is 11.3 Å². The molecule has 1 aromatic rings. The first kappa shape index (κ1) is 12.6. The smallest absolute Gasteiger partial charge is 0.0328 e. The highest BCUT2D eigenvalue weighted by Gasteiger charge is 2.28. The van der Waals surface area contributed by atoms with Gasteiger partial charge in [0.2, 0.25) is 0 Å². The highest BCUT2D eigenvalue weighted by Crippen LogP contribution is 2.24. The maximum absolute atomic E-state index is 2.71. The Morgan fingerprint density at radius 2 is 2.00 bits per heavy atom. The first-order valence-electron chi connectivity index (χ1n) is 7.39. The van der Waals surface area contributed by atoms with Crippen LogP contribution in [0.4, 0.5) is 0 Å². The molecule has 18 heavy (non-hydrogen) atoms. The van der Waals surface area contributed by atoms with E-state index < -0.39 is 0 Å². The largest absolute Gasteiger partial charge is 0.299 e. The Kier molecular flexibility index (Phi) is 4.02. The highest BCUT2D eigenvalue weighted by atomic mass is 32.1. The summed E-state index contributed by atoms with van der Waals surface area (Å²) in [5, 5.41) is 0. The van der Waals surface area contributed by atoms with Crippen molar-refractivity contribution in [2.75, 3.05) is 26.2 Å². The summed E-state index contributed by atoms with van der Waals surface area (Å²) >= 11 is 2.00. The van der Waals surface area contributed by atoms with Gasteiger partial charge in [-0.25, -0.2) is 0 Å². The van der Waals surface area contributed by atoms with Gasteiger partial charge in [0.25, 0.3) is 0 Å². The van der Waals surface area contributed by atoms with E-state index in [-0.39, 0.29) is 0 Å². The summed E-state index contributed by atoms with van der Waals surface area (Å²) in [5.74, 6) is 0. The molecule has 0 bridgehead atoms. The molecule has 2 fully saturated rings. The molecule has 100 valence electrons. The van der Waals surface area contributed by atoms with Gasteiger partial charge in [-0.1, -0.05) is 6.92 Å². The van der Waals surface area contributed by atoms with E-state index in [9.17, 15) is 0 Å². The van der Waals surface area contributed by atoms with Gasteiger partial charge < -0.3 is 0 Å². The molecule has 2 aliphatic heterocycles. The molecule has 0 radical (unpaired) electrons. The van der Waals surface area contributed by atoms with Crippen molar-refractivity contribution >= 4 is 11.3 Å². The Hall–Kier alpha value is -0.380. The van der Waals surface area contributed by atoms with Gasteiger partial charge in [-0.05, 0) is 57.5 Å². The van der Waals surface area contributed by atoms with Gasteiger partial charge in [-0.3, -0.25) is 9.80 Å². The van der Waals surface area contributed by atoms with Crippen molar-refractivity contribution in [3.63, 3.8) is 0 Å². The fourth-order valence-electron chi connectivity index (χ4n) is 3.34. The number of hydrogen-bond donors (Lipinski definition) is 0. The van der Waals surface area contributed by atoms with Crippen LogP contribution in [0.15, 0.2) is 12.1 Å². The van der Waals surface area contributed by atoms with Gasteiger partial charge in [0.15, 0.2) is 0 Å². The molecular formula is C15H24N2S. The zero-order valence-corrected chi connectivity index (χ0v) is 12.2. The van der Waals surface area contributed by atoms with E-state index in [0.717, 1.165) is 6.04 Å². The van der Waals surface area contributed by atoms with Crippen molar-refractivity contribution in [1.82, 2.24) is 9.80 Å². The summed E-state index contributed by atoms with van der Waals surface area (Å²) in [7, 11) is 0. The van der Waals surface area contributed by atoms with E-state index in [0.29, 0.717) is 0 Å². The summed E-state index contributed by atoms with van der Waals surface area (Å²) in [6.07, 6.45) is 5.36. The zero-order chi connectivity index (χ0) is 12.4. The third-order valence-corrected chi connectivity index (χ3v) is 5.55. The van der Waals surface area contributed by atoms with Crippen molar-refractivity contribution in [1.29, 1.82) is 0 Å². The van der Waals surface area contributed by atoms with E-state index >= 15 is 0 Å². The van der Waals surface area contributed by atoms with E-state index in [1.54, 1.807) is 4.88 Å². The second kappa shape index (κ2) is 5.72. The molecule has 1 atom stereocenters. The number of aryl methyl sites for hydroxylation is 1. The number of thiophene rings is 1. The Balaban J connectivity index is 1.61. The van der Waals surface area contributed by atoms with Gasteiger partial charge in [-0.2, -0.15) is 0 Å². The summed E-state index contributed by atoms with van der Waals surface area (Å²) in [6.45, 7) is 8.67. The van der Waals surface area contributed by atoms with Crippen LogP contribution in [0, 0.1) is 0 Å². The number of nitrogens with zero attached hydrogens (tertiary/aromatic N) is 2. The quantitative estimate of drug-likeness (QED) is 0.828. The first-order valence-corrected chi connectivity index (χ1v) is 8.21. The number of rotatable bonds is 3. The van der Waals surface area contributed by atoms with Crippen molar-refractivity contribution < 1.29 is 0 Å². The molecule has 1 unspecified atom stereocenters. The molecular weight excluding hydrogens is 240 g/mol. The monoisotopic (exact) mass is 264 g/mol. The zero-order valence-electron chi connectivity index (χ0n) is 11.4. The molecule has 3 rings (SSSR count). The van der Waals surface area contributed by atoms with Crippen molar-refractivity contribution in [3.05, 3.63) is 21.9 Å². The van der Waals surface area contributed by atoms with Gasteiger partial charge in [0.05, 0.1) is 0 Å². The van der Waals surface area contributed by atoms with Crippen LogP contribution in [0.3, 0.4) is 0 Å². The minimum Gasteiger partial charge on any atom is -0.299 e. The van der Waals surface area contributed by atoms with Crippen LogP contribution in [0.1, 0.15) is 35.9 Å². The molecule has 0 spiro atoms. The molecule has 3 heteroatoms. The second-order valence-electron chi connectivity index (χ2n) is 5.64. The maximum Gasteiger partial charge on any atom is 0.0328 e. The summed E-state index contributed by atoms with van der Waals surface area (Å²) in [4.78, 5) is 8.48. The summed E-state index contributed by atoms with van der Waals surface area (Å²) < 4.78 is 0. The van der Waals surface area contributed by atoms with Gasteiger partial charge in [0.1, 0.15) is 0 Å². The lowest BCUT2D eigenvalue weighted by molar-refractivity contribution is 0.216. The van der Waals surface area contributed by atoms with Crippen molar-refractivity contribution in [2.24, 2.45) is 0 Å². The predicted molar refractivity (Wildman–Crippen MR) is 78.2 cm³/mol. The van der Waals surface area contributed by atoms with Crippen LogP contribution < -0.4 is 0 Å².